The van der Waals surface area contributed by atoms with Crippen LogP contribution >= 0.6 is 24.0 Å². The van der Waals surface area contributed by atoms with E-state index in [-0.39, 0.29) is 24.0 Å². The highest BCUT2D eigenvalue weighted by molar-refractivity contribution is 14.0. The Hall–Kier alpha value is -1.02. The molecule has 0 saturated carbocycles. The third-order valence-corrected chi connectivity index (χ3v) is 3.93. The quantitative estimate of drug-likeness (QED) is 0.184. The van der Waals surface area contributed by atoms with Gasteiger partial charge >= 0.3 is 0 Å². The Kier molecular flexibility index (Phi) is 15.5. The van der Waals surface area contributed by atoms with E-state index in [4.69, 9.17) is 9.73 Å². The number of guanidine groups is 1. The van der Waals surface area contributed by atoms with Crippen LogP contribution in [0.2, 0.25) is 0 Å². The van der Waals surface area contributed by atoms with Crippen LogP contribution in [0.15, 0.2) is 35.3 Å². The van der Waals surface area contributed by atoms with Gasteiger partial charge < -0.3 is 20.7 Å². The average Bonchev–Trinajstić information content (AvgIpc) is 2.61. The minimum Gasteiger partial charge on any atom is -0.382 e. The molecule has 0 aromatic heterocycles. The fourth-order valence-corrected chi connectivity index (χ4v) is 2.38. The zero-order valence-corrected chi connectivity index (χ0v) is 19.1. The Morgan fingerprint density at radius 3 is 2.42 bits per heavy atom. The monoisotopic (exact) mass is 476 g/mol. The molecule has 150 valence electrons. The van der Waals surface area contributed by atoms with E-state index in [2.05, 4.69) is 61.0 Å². The lowest BCUT2D eigenvalue weighted by Gasteiger charge is -2.22. The highest BCUT2D eigenvalue weighted by Crippen LogP contribution is 2.12. The van der Waals surface area contributed by atoms with Gasteiger partial charge in [-0.25, -0.2) is 0 Å². The van der Waals surface area contributed by atoms with Gasteiger partial charge in [-0.3, -0.25) is 4.99 Å². The van der Waals surface area contributed by atoms with Crippen molar-refractivity contribution in [1.29, 1.82) is 0 Å². The molecule has 0 spiro atoms. The SMILES string of the molecule is CCNC(=NCC(Nc1ccccc1)C(C)C)NCCCCOCC.I. The first-order valence-corrected chi connectivity index (χ1v) is 9.58. The van der Waals surface area contributed by atoms with Gasteiger partial charge in [-0.2, -0.15) is 0 Å². The normalized spacial score (nSPS) is 12.4. The van der Waals surface area contributed by atoms with Crippen molar-refractivity contribution in [2.24, 2.45) is 10.9 Å². The molecule has 0 aliphatic heterocycles. The molecule has 0 fully saturated rings. The van der Waals surface area contributed by atoms with Crippen molar-refractivity contribution in [1.82, 2.24) is 10.6 Å². The van der Waals surface area contributed by atoms with Crippen LogP contribution in [-0.4, -0.2) is 44.8 Å². The van der Waals surface area contributed by atoms with Crippen LogP contribution < -0.4 is 16.0 Å². The van der Waals surface area contributed by atoms with Crippen LogP contribution in [0.1, 0.15) is 40.5 Å². The summed E-state index contributed by atoms with van der Waals surface area (Å²) < 4.78 is 5.37. The average molecular weight is 476 g/mol. The highest BCUT2D eigenvalue weighted by Gasteiger charge is 2.13. The van der Waals surface area contributed by atoms with Crippen molar-refractivity contribution < 1.29 is 4.74 Å². The molecule has 0 heterocycles. The Morgan fingerprint density at radius 2 is 1.81 bits per heavy atom. The molecule has 6 heteroatoms. The molecule has 0 aliphatic carbocycles. The summed E-state index contributed by atoms with van der Waals surface area (Å²) >= 11 is 0. The summed E-state index contributed by atoms with van der Waals surface area (Å²) in [7, 11) is 0. The molecule has 1 aromatic carbocycles. The van der Waals surface area contributed by atoms with E-state index in [1.54, 1.807) is 0 Å². The number of rotatable bonds is 12. The molecule has 0 bridgehead atoms. The van der Waals surface area contributed by atoms with Crippen molar-refractivity contribution in [2.45, 2.75) is 46.6 Å². The first-order valence-electron chi connectivity index (χ1n) is 9.58. The second kappa shape index (κ2) is 16.2. The fourth-order valence-electron chi connectivity index (χ4n) is 2.38. The van der Waals surface area contributed by atoms with Crippen LogP contribution in [0.25, 0.3) is 0 Å². The zero-order chi connectivity index (χ0) is 18.3. The number of aliphatic imine (C=N–C) groups is 1. The van der Waals surface area contributed by atoms with Crippen molar-refractivity contribution in [3.63, 3.8) is 0 Å². The van der Waals surface area contributed by atoms with Crippen LogP contribution in [0, 0.1) is 5.92 Å². The molecule has 0 aliphatic rings. The molecule has 0 amide bonds. The first kappa shape index (κ1) is 25.0. The number of halogens is 1. The number of ether oxygens (including phenoxy) is 1. The third-order valence-electron chi connectivity index (χ3n) is 3.93. The number of para-hydroxylation sites is 1. The van der Waals surface area contributed by atoms with Gasteiger partial charge in [0, 0.05) is 38.0 Å². The minimum atomic E-state index is 0. The smallest absolute Gasteiger partial charge is 0.191 e. The van der Waals surface area contributed by atoms with Gasteiger partial charge in [0.15, 0.2) is 5.96 Å². The van der Waals surface area contributed by atoms with E-state index < -0.39 is 0 Å². The van der Waals surface area contributed by atoms with Gasteiger partial charge in [-0.1, -0.05) is 32.0 Å². The molecule has 1 rings (SSSR count). The van der Waals surface area contributed by atoms with E-state index >= 15 is 0 Å². The number of benzene rings is 1. The van der Waals surface area contributed by atoms with Crippen molar-refractivity contribution in [2.75, 3.05) is 38.2 Å². The summed E-state index contributed by atoms with van der Waals surface area (Å²) in [6.07, 6.45) is 2.16. The molecule has 0 radical (unpaired) electrons. The van der Waals surface area contributed by atoms with Gasteiger partial charge in [-0.05, 0) is 44.7 Å². The molecule has 5 nitrogen and oxygen atoms in total. The van der Waals surface area contributed by atoms with E-state index in [1.807, 2.05) is 13.0 Å². The maximum atomic E-state index is 5.37. The molecule has 1 unspecified atom stereocenters. The molecular weight excluding hydrogens is 439 g/mol. The number of unbranched alkanes of at least 4 members (excludes halogenated alkanes) is 1. The number of hydrogen-bond donors (Lipinski definition) is 3. The van der Waals surface area contributed by atoms with Crippen LogP contribution in [0.4, 0.5) is 5.69 Å². The van der Waals surface area contributed by atoms with Crippen LogP contribution in [0.5, 0.6) is 0 Å². The topological polar surface area (TPSA) is 57.7 Å². The van der Waals surface area contributed by atoms with Gasteiger partial charge in [0.1, 0.15) is 0 Å². The summed E-state index contributed by atoms with van der Waals surface area (Å²) in [5, 5.41) is 10.3. The number of hydrogen-bond acceptors (Lipinski definition) is 3. The predicted molar refractivity (Wildman–Crippen MR) is 124 cm³/mol. The van der Waals surface area contributed by atoms with Crippen molar-refractivity contribution in [3.8, 4) is 0 Å². The van der Waals surface area contributed by atoms with E-state index in [0.29, 0.717) is 12.0 Å². The lowest BCUT2D eigenvalue weighted by molar-refractivity contribution is 0.143. The summed E-state index contributed by atoms with van der Waals surface area (Å²) in [4.78, 5) is 4.77. The number of nitrogens with one attached hydrogen (secondary N) is 3. The van der Waals surface area contributed by atoms with Crippen molar-refractivity contribution >= 4 is 35.6 Å². The van der Waals surface area contributed by atoms with Crippen LogP contribution in [0.3, 0.4) is 0 Å². The lowest BCUT2D eigenvalue weighted by Crippen LogP contribution is -2.39. The Morgan fingerprint density at radius 1 is 1.08 bits per heavy atom. The van der Waals surface area contributed by atoms with Gasteiger partial charge in [0.05, 0.1) is 6.54 Å². The van der Waals surface area contributed by atoms with Gasteiger partial charge in [0.25, 0.3) is 0 Å². The maximum absolute atomic E-state index is 5.37. The van der Waals surface area contributed by atoms with Crippen LogP contribution in [-0.2, 0) is 4.74 Å². The Balaban J connectivity index is 0.00000625. The molecule has 1 aromatic rings. The first-order chi connectivity index (χ1) is 12.2. The predicted octanol–water partition coefficient (Wildman–Crippen LogP) is 4.11. The highest BCUT2D eigenvalue weighted by atomic mass is 127. The molecule has 3 N–H and O–H groups in total. The lowest BCUT2D eigenvalue weighted by atomic mass is 10.0. The Bertz CT molecular complexity index is 468. The summed E-state index contributed by atoms with van der Waals surface area (Å²) in [5.74, 6) is 1.39. The standard InChI is InChI=1S/C20H36N4O.HI/c1-5-21-20(22-14-10-11-15-25-6-2)23-16-19(17(3)4)24-18-12-8-7-9-13-18;/h7-9,12-13,17,19,24H,5-6,10-11,14-16H2,1-4H3,(H2,21,22,23);1H. The van der Waals surface area contributed by atoms with Gasteiger partial charge in [-0.15, -0.1) is 24.0 Å². The Labute approximate surface area is 176 Å². The third kappa shape index (κ3) is 11.6. The summed E-state index contributed by atoms with van der Waals surface area (Å²) in [6, 6.07) is 10.6. The molecule has 26 heavy (non-hydrogen) atoms. The van der Waals surface area contributed by atoms with E-state index in [1.165, 1.54) is 0 Å². The second-order valence-electron chi connectivity index (χ2n) is 6.41. The largest absolute Gasteiger partial charge is 0.382 e. The maximum Gasteiger partial charge on any atom is 0.191 e. The fraction of sp³-hybridized carbons (Fsp3) is 0.650. The van der Waals surface area contributed by atoms with E-state index in [0.717, 1.165) is 57.3 Å². The van der Waals surface area contributed by atoms with Gasteiger partial charge in [0.2, 0.25) is 0 Å². The summed E-state index contributed by atoms with van der Waals surface area (Å²) in [5.41, 5.74) is 1.14. The summed E-state index contributed by atoms with van der Waals surface area (Å²) in [6.45, 7) is 12.7. The molecule has 0 saturated heterocycles. The van der Waals surface area contributed by atoms with E-state index in [9.17, 15) is 0 Å². The number of nitrogens with zero attached hydrogens (tertiary/aromatic N) is 1. The molecular formula is C20H37IN4O. The minimum absolute atomic E-state index is 0. The second-order valence-corrected chi connectivity index (χ2v) is 6.41. The molecule has 1 atom stereocenters. The van der Waals surface area contributed by atoms with Crippen molar-refractivity contribution in [3.05, 3.63) is 30.3 Å². The number of anilines is 1. The zero-order valence-electron chi connectivity index (χ0n) is 16.8.